The third-order valence-electron chi connectivity index (χ3n) is 4.36. The van der Waals surface area contributed by atoms with Crippen LogP contribution in [0, 0.1) is 21.4 Å². The number of aromatic nitrogens is 3. The number of rotatable bonds is 5. The number of hydrogen-bond donors (Lipinski definition) is 1. The summed E-state index contributed by atoms with van der Waals surface area (Å²) in [4.78, 5) is 20.0. The lowest BCUT2D eigenvalue weighted by atomic mass is 10.1. The summed E-state index contributed by atoms with van der Waals surface area (Å²) in [5, 5.41) is 25.6. The number of aryl methyl sites for hydroxylation is 1. The largest absolute Gasteiger partial charge is 0.354 e. The SMILES string of the molecule is Cn1ccnc1Sc1ccc(Nc2c(C#N)cnc3ccc([N+](=O)[O-])cc23)cc1Cl. The highest BCUT2D eigenvalue weighted by atomic mass is 35.5. The van der Waals surface area contributed by atoms with Crippen molar-refractivity contribution >= 4 is 51.3 Å². The van der Waals surface area contributed by atoms with Crippen LogP contribution in [0.4, 0.5) is 17.1 Å². The molecule has 4 rings (SSSR count). The molecule has 4 aromatic rings. The molecule has 1 N–H and O–H groups in total. The monoisotopic (exact) mass is 436 g/mol. The molecule has 10 heteroatoms. The van der Waals surface area contributed by atoms with Crippen molar-refractivity contribution in [2.75, 3.05) is 5.32 Å². The fraction of sp³-hybridized carbons (Fsp3) is 0.0500. The highest BCUT2D eigenvalue weighted by Gasteiger charge is 2.15. The van der Waals surface area contributed by atoms with E-state index in [0.717, 1.165) is 10.1 Å². The van der Waals surface area contributed by atoms with Crippen LogP contribution in [0.2, 0.25) is 5.02 Å². The van der Waals surface area contributed by atoms with E-state index in [1.807, 2.05) is 29.9 Å². The summed E-state index contributed by atoms with van der Waals surface area (Å²) >= 11 is 7.89. The van der Waals surface area contributed by atoms with Crippen LogP contribution in [0.25, 0.3) is 10.9 Å². The van der Waals surface area contributed by atoms with Crippen LogP contribution in [-0.4, -0.2) is 19.5 Å². The summed E-state index contributed by atoms with van der Waals surface area (Å²) in [7, 11) is 1.90. The average molecular weight is 437 g/mol. The number of nitro benzene ring substituents is 1. The van der Waals surface area contributed by atoms with E-state index >= 15 is 0 Å². The second-order valence-electron chi connectivity index (χ2n) is 6.31. The maximum Gasteiger partial charge on any atom is 0.270 e. The number of pyridine rings is 1. The Morgan fingerprint density at radius 3 is 2.77 bits per heavy atom. The van der Waals surface area contributed by atoms with Crippen molar-refractivity contribution in [2.45, 2.75) is 10.1 Å². The zero-order valence-corrected chi connectivity index (χ0v) is 17.1. The lowest BCUT2D eigenvalue weighted by molar-refractivity contribution is -0.384. The van der Waals surface area contributed by atoms with Gasteiger partial charge >= 0.3 is 0 Å². The highest BCUT2D eigenvalue weighted by molar-refractivity contribution is 7.99. The average Bonchev–Trinajstić information content (AvgIpc) is 3.14. The molecular weight excluding hydrogens is 424 g/mol. The molecule has 0 saturated carbocycles. The van der Waals surface area contributed by atoms with Crippen LogP contribution in [-0.2, 0) is 7.05 Å². The first-order valence-corrected chi connectivity index (χ1v) is 9.84. The van der Waals surface area contributed by atoms with E-state index in [0.29, 0.717) is 27.3 Å². The normalized spacial score (nSPS) is 10.7. The molecule has 0 saturated heterocycles. The molecule has 0 radical (unpaired) electrons. The number of nitro groups is 1. The summed E-state index contributed by atoms with van der Waals surface area (Å²) in [5.74, 6) is 0. The highest BCUT2D eigenvalue weighted by Crippen LogP contribution is 2.36. The Balaban J connectivity index is 1.72. The number of fused-ring (bicyclic) bond motifs is 1. The molecule has 0 aliphatic heterocycles. The first kappa shape index (κ1) is 19.7. The van der Waals surface area contributed by atoms with Gasteiger partial charge in [0.25, 0.3) is 5.69 Å². The number of non-ortho nitro benzene ring substituents is 1. The third kappa shape index (κ3) is 3.78. The van der Waals surface area contributed by atoms with Gasteiger partial charge in [0.15, 0.2) is 5.16 Å². The Bertz CT molecular complexity index is 1330. The maximum absolute atomic E-state index is 11.2. The summed E-state index contributed by atoms with van der Waals surface area (Å²) in [6, 6.07) is 11.8. The van der Waals surface area contributed by atoms with Gasteiger partial charge in [-0.2, -0.15) is 5.26 Å². The van der Waals surface area contributed by atoms with Gasteiger partial charge in [-0.05, 0) is 24.3 Å². The summed E-state index contributed by atoms with van der Waals surface area (Å²) in [6.45, 7) is 0. The molecule has 2 aromatic heterocycles. The van der Waals surface area contributed by atoms with E-state index in [9.17, 15) is 15.4 Å². The third-order valence-corrected chi connectivity index (χ3v) is 5.94. The van der Waals surface area contributed by atoms with E-state index in [1.165, 1.54) is 30.1 Å². The molecule has 0 aliphatic carbocycles. The number of nitrogens with zero attached hydrogens (tertiary/aromatic N) is 5. The van der Waals surface area contributed by atoms with Crippen molar-refractivity contribution in [1.82, 2.24) is 14.5 Å². The fourth-order valence-corrected chi connectivity index (χ4v) is 3.97. The molecule has 0 unspecified atom stereocenters. The van der Waals surface area contributed by atoms with Crippen LogP contribution in [0.15, 0.2) is 65.0 Å². The predicted molar refractivity (Wildman–Crippen MR) is 115 cm³/mol. The molecular formula is C20H13ClN6O2S. The van der Waals surface area contributed by atoms with Gasteiger partial charge in [0.2, 0.25) is 0 Å². The van der Waals surface area contributed by atoms with Gasteiger partial charge in [-0.15, -0.1) is 0 Å². The second-order valence-corrected chi connectivity index (χ2v) is 7.73. The standard InChI is InChI=1S/C20H13ClN6O2S/c1-26-7-6-23-20(26)30-18-5-2-13(8-16(18)21)25-19-12(10-22)11-24-17-4-3-14(27(28)29)9-15(17)19/h2-9,11H,1H3,(H,24,25). The van der Waals surface area contributed by atoms with Crippen molar-refractivity contribution in [2.24, 2.45) is 7.05 Å². The number of imidazole rings is 1. The lowest BCUT2D eigenvalue weighted by Gasteiger charge is -2.13. The summed E-state index contributed by atoms with van der Waals surface area (Å²) < 4.78 is 1.89. The van der Waals surface area contributed by atoms with E-state index in [1.54, 1.807) is 18.3 Å². The van der Waals surface area contributed by atoms with Gasteiger partial charge < -0.3 is 9.88 Å². The minimum Gasteiger partial charge on any atom is -0.354 e. The Kier molecular flexibility index (Phi) is 5.27. The molecule has 2 aromatic carbocycles. The molecule has 148 valence electrons. The Morgan fingerprint density at radius 1 is 1.27 bits per heavy atom. The lowest BCUT2D eigenvalue weighted by Crippen LogP contribution is -1.98. The number of nitriles is 1. The molecule has 0 amide bonds. The Labute approximate surface area is 180 Å². The van der Waals surface area contributed by atoms with Crippen molar-refractivity contribution in [3.05, 3.63) is 75.7 Å². The molecule has 30 heavy (non-hydrogen) atoms. The maximum atomic E-state index is 11.2. The zero-order valence-electron chi connectivity index (χ0n) is 15.5. The first-order chi connectivity index (χ1) is 14.5. The summed E-state index contributed by atoms with van der Waals surface area (Å²) in [5.41, 5.74) is 1.80. The Morgan fingerprint density at radius 2 is 2.10 bits per heavy atom. The minimum atomic E-state index is -0.483. The summed E-state index contributed by atoms with van der Waals surface area (Å²) in [6.07, 6.45) is 5.00. The van der Waals surface area contributed by atoms with Gasteiger partial charge in [-0.1, -0.05) is 23.4 Å². The van der Waals surface area contributed by atoms with Gasteiger partial charge in [0.1, 0.15) is 6.07 Å². The van der Waals surface area contributed by atoms with Crippen LogP contribution in [0.1, 0.15) is 5.56 Å². The number of halogens is 1. The molecule has 0 fully saturated rings. The van der Waals surface area contributed by atoms with Crippen molar-refractivity contribution < 1.29 is 4.92 Å². The number of benzene rings is 2. The second kappa shape index (κ2) is 8.02. The topological polar surface area (TPSA) is 110 Å². The molecule has 0 spiro atoms. The zero-order chi connectivity index (χ0) is 21.3. The minimum absolute atomic E-state index is 0.0812. The van der Waals surface area contributed by atoms with E-state index < -0.39 is 4.92 Å². The van der Waals surface area contributed by atoms with Crippen LogP contribution in [0.5, 0.6) is 0 Å². The first-order valence-electron chi connectivity index (χ1n) is 8.65. The van der Waals surface area contributed by atoms with Gasteiger partial charge in [0, 0.05) is 53.7 Å². The van der Waals surface area contributed by atoms with Crippen LogP contribution >= 0.6 is 23.4 Å². The van der Waals surface area contributed by atoms with Crippen molar-refractivity contribution in [3.63, 3.8) is 0 Å². The van der Waals surface area contributed by atoms with E-state index in [-0.39, 0.29) is 11.3 Å². The number of anilines is 2. The van der Waals surface area contributed by atoms with Crippen molar-refractivity contribution in [3.8, 4) is 6.07 Å². The molecule has 2 heterocycles. The quantitative estimate of drug-likeness (QED) is 0.334. The van der Waals surface area contributed by atoms with E-state index in [2.05, 4.69) is 21.4 Å². The molecule has 0 bridgehead atoms. The van der Waals surface area contributed by atoms with Gasteiger partial charge in [0.05, 0.1) is 26.7 Å². The van der Waals surface area contributed by atoms with Crippen molar-refractivity contribution in [1.29, 1.82) is 5.26 Å². The Hall–Kier alpha value is -3.61. The molecule has 8 nitrogen and oxygen atoms in total. The van der Waals surface area contributed by atoms with Gasteiger partial charge in [-0.25, -0.2) is 4.98 Å². The molecule has 0 atom stereocenters. The smallest absolute Gasteiger partial charge is 0.270 e. The van der Waals surface area contributed by atoms with Gasteiger partial charge in [-0.3, -0.25) is 15.1 Å². The molecule has 0 aliphatic rings. The van der Waals surface area contributed by atoms with E-state index in [4.69, 9.17) is 11.6 Å². The van der Waals surface area contributed by atoms with Crippen LogP contribution < -0.4 is 5.32 Å². The predicted octanol–water partition coefficient (Wildman–Crippen LogP) is 5.30. The van der Waals surface area contributed by atoms with Crippen LogP contribution in [0.3, 0.4) is 0 Å². The number of nitrogens with one attached hydrogen (secondary N) is 1. The fourth-order valence-electron chi connectivity index (χ4n) is 2.87. The number of hydrogen-bond acceptors (Lipinski definition) is 7.